The molecule has 2 amide bonds. The van der Waals surface area contributed by atoms with Crippen LogP contribution in [0.5, 0.6) is 5.75 Å². The first kappa shape index (κ1) is 23.9. The van der Waals surface area contributed by atoms with Crippen LogP contribution in [0.15, 0.2) is 64.5 Å². The molecule has 36 heavy (non-hydrogen) atoms. The Balaban J connectivity index is 1.45. The number of nitrogens with zero attached hydrogens (tertiary/aromatic N) is 4. The Hall–Kier alpha value is -3.77. The summed E-state index contributed by atoms with van der Waals surface area (Å²) in [5.74, 6) is 0.237. The SMILES string of the molecule is COc1cccc(C2=CSC(=C(C#N)C(=O)N3CCN(C(=O)C4CC4)CC3)N2c2ccc(F)cc2)c1. The topological polar surface area (TPSA) is 76.9 Å². The van der Waals surface area contributed by atoms with Crippen molar-refractivity contribution in [3.8, 4) is 11.8 Å². The van der Waals surface area contributed by atoms with Crippen molar-refractivity contribution in [2.45, 2.75) is 12.8 Å². The van der Waals surface area contributed by atoms with Gasteiger partial charge in [-0.05, 0) is 49.2 Å². The molecule has 2 heterocycles. The number of benzene rings is 2. The zero-order valence-corrected chi connectivity index (χ0v) is 20.6. The zero-order chi connectivity index (χ0) is 25.2. The highest BCUT2D eigenvalue weighted by atomic mass is 32.2. The molecule has 0 spiro atoms. The van der Waals surface area contributed by atoms with E-state index in [4.69, 9.17) is 4.74 Å². The van der Waals surface area contributed by atoms with Gasteiger partial charge < -0.3 is 19.4 Å². The third-order valence-electron chi connectivity index (χ3n) is 6.52. The predicted octanol–water partition coefficient (Wildman–Crippen LogP) is 4.20. The van der Waals surface area contributed by atoms with E-state index in [0.717, 1.165) is 24.1 Å². The van der Waals surface area contributed by atoms with Gasteiger partial charge in [-0.1, -0.05) is 23.9 Å². The lowest BCUT2D eigenvalue weighted by Crippen LogP contribution is -2.51. The molecule has 9 heteroatoms. The first-order valence-electron chi connectivity index (χ1n) is 11.8. The van der Waals surface area contributed by atoms with Crippen LogP contribution in [0.25, 0.3) is 5.70 Å². The van der Waals surface area contributed by atoms with E-state index in [1.807, 2.05) is 39.5 Å². The van der Waals surface area contributed by atoms with Crippen molar-refractivity contribution in [3.05, 3.63) is 75.9 Å². The van der Waals surface area contributed by atoms with Gasteiger partial charge in [0.1, 0.15) is 28.2 Å². The van der Waals surface area contributed by atoms with Crippen LogP contribution in [0.1, 0.15) is 18.4 Å². The number of carbonyl (C=O) groups excluding carboxylic acids is 2. The highest BCUT2D eigenvalue weighted by Gasteiger charge is 2.37. The summed E-state index contributed by atoms with van der Waals surface area (Å²) in [6.07, 6.45) is 1.89. The second-order valence-electron chi connectivity index (χ2n) is 8.85. The Labute approximate surface area is 213 Å². The number of hydrogen-bond donors (Lipinski definition) is 0. The van der Waals surface area contributed by atoms with E-state index in [0.29, 0.717) is 42.6 Å². The number of rotatable bonds is 5. The Bertz CT molecular complexity index is 1290. The number of amides is 2. The Kier molecular flexibility index (Phi) is 6.70. The number of ether oxygens (including phenoxy) is 1. The van der Waals surface area contributed by atoms with Gasteiger partial charge in [0.25, 0.3) is 5.91 Å². The Morgan fingerprint density at radius 1 is 1.06 bits per heavy atom. The average Bonchev–Trinajstić information content (AvgIpc) is 3.68. The molecule has 0 radical (unpaired) electrons. The summed E-state index contributed by atoms with van der Waals surface area (Å²) >= 11 is 1.28. The van der Waals surface area contributed by atoms with E-state index in [9.17, 15) is 19.2 Å². The van der Waals surface area contributed by atoms with Gasteiger partial charge in [0, 0.05) is 48.8 Å². The van der Waals surface area contributed by atoms with Gasteiger partial charge in [-0.15, -0.1) is 0 Å². The molecule has 2 aliphatic heterocycles. The standard InChI is InChI=1S/C27H25FN4O3S/c1-35-22-4-2-3-19(15-22)24-17-36-27(32(24)21-9-7-20(28)8-10-21)23(16-29)26(34)31-13-11-30(12-14-31)25(33)18-5-6-18/h2-4,7-10,15,17-18H,5-6,11-14H2,1H3. The fourth-order valence-electron chi connectivity index (χ4n) is 4.39. The van der Waals surface area contributed by atoms with Gasteiger partial charge in [0.15, 0.2) is 0 Å². The summed E-state index contributed by atoms with van der Waals surface area (Å²) in [5, 5.41) is 12.4. The minimum atomic E-state index is -0.377. The fraction of sp³-hybridized carbons (Fsp3) is 0.296. The molecular formula is C27H25FN4O3S. The van der Waals surface area contributed by atoms with Crippen LogP contribution < -0.4 is 9.64 Å². The van der Waals surface area contributed by atoms with Crippen molar-refractivity contribution < 1.29 is 18.7 Å². The van der Waals surface area contributed by atoms with Crippen molar-refractivity contribution >= 4 is 35.0 Å². The quantitative estimate of drug-likeness (QED) is 0.449. The lowest BCUT2D eigenvalue weighted by Gasteiger charge is -2.35. The molecule has 3 aliphatic rings. The first-order chi connectivity index (χ1) is 17.5. The molecule has 0 aromatic heterocycles. The monoisotopic (exact) mass is 504 g/mol. The molecule has 2 aromatic carbocycles. The number of carbonyl (C=O) groups is 2. The van der Waals surface area contributed by atoms with Gasteiger partial charge in [-0.25, -0.2) is 4.39 Å². The van der Waals surface area contributed by atoms with Crippen LogP contribution in [-0.2, 0) is 9.59 Å². The van der Waals surface area contributed by atoms with Crippen molar-refractivity contribution in [1.29, 1.82) is 5.26 Å². The minimum absolute atomic E-state index is 0.0143. The van der Waals surface area contributed by atoms with E-state index in [1.54, 1.807) is 24.1 Å². The zero-order valence-electron chi connectivity index (χ0n) is 19.8. The molecule has 2 fully saturated rings. The highest BCUT2D eigenvalue weighted by molar-refractivity contribution is 8.06. The second-order valence-corrected chi connectivity index (χ2v) is 9.71. The molecule has 0 unspecified atom stereocenters. The number of hydrogen-bond acceptors (Lipinski definition) is 6. The van der Waals surface area contributed by atoms with Crippen LogP contribution in [0.3, 0.4) is 0 Å². The van der Waals surface area contributed by atoms with Crippen molar-refractivity contribution in [2.24, 2.45) is 5.92 Å². The van der Waals surface area contributed by atoms with Gasteiger partial charge in [-0.3, -0.25) is 9.59 Å². The predicted molar refractivity (Wildman–Crippen MR) is 136 cm³/mol. The summed E-state index contributed by atoms with van der Waals surface area (Å²) in [5.41, 5.74) is 2.23. The summed E-state index contributed by atoms with van der Waals surface area (Å²) in [6.45, 7) is 1.70. The molecule has 0 N–H and O–H groups in total. The second kappa shape index (κ2) is 10.1. The van der Waals surface area contributed by atoms with E-state index in [1.165, 1.54) is 23.9 Å². The number of thioether (sulfide) groups is 1. The maximum atomic E-state index is 13.7. The van der Waals surface area contributed by atoms with Gasteiger partial charge >= 0.3 is 0 Å². The molecule has 1 saturated carbocycles. The maximum absolute atomic E-state index is 13.7. The van der Waals surface area contributed by atoms with Crippen LogP contribution >= 0.6 is 11.8 Å². The van der Waals surface area contributed by atoms with Crippen LogP contribution in [0.4, 0.5) is 10.1 Å². The molecule has 2 aromatic rings. The molecule has 184 valence electrons. The van der Waals surface area contributed by atoms with Crippen molar-refractivity contribution in [2.75, 3.05) is 38.2 Å². The summed E-state index contributed by atoms with van der Waals surface area (Å²) in [6, 6.07) is 15.6. The van der Waals surface area contributed by atoms with E-state index < -0.39 is 0 Å². The molecule has 7 nitrogen and oxygen atoms in total. The fourth-order valence-corrected chi connectivity index (χ4v) is 5.41. The molecule has 0 bridgehead atoms. The average molecular weight is 505 g/mol. The summed E-state index contributed by atoms with van der Waals surface area (Å²) in [7, 11) is 1.59. The summed E-state index contributed by atoms with van der Waals surface area (Å²) in [4.78, 5) is 31.2. The third-order valence-corrected chi connectivity index (χ3v) is 7.47. The van der Waals surface area contributed by atoms with E-state index in [-0.39, 0.29) is 29.1 Å². The number of anilines is 1. The Morgan fingerprint density at radius 2 is 1.75 bits per heavy atom. The molecule has 0 atom stereocenters. The largest absolute Gasteiger partial charge is 0.497 e. The van der Waals surface area contributed by atoms with E-state index in [2.05, 4.69) is 6.07 Å². The molecule has 1 saturated heterocycles. The number of methoxy groups -OCH3 is 1. The van der Waals surface area contributed by atoms with Gasteiger partial charge in [0.2, 0.25) is 5.91 Å². The van der Waals surface area contributed by atoms with E-state index >= 15 is 0 Å². The van der Waals surface area contributed by atoms with Crippen LogP contribution in [-0.4, -0.2) is 54.9 Å². The lowest BCUT2D eigenvalue weighted by molar-refractivity contribution is -0.138. The maximum Gasteiger partial charge on any atom is 0.267 e. The first-order valence-corrected chi connectivity index (χ1v) is 12.7. The Morgan fingerprint density at radius 3 is 2.39 bits per heavy atom. The molecule has 1 aliphatic carbocycles. The van der Waals surface area contributed by atoms with Crippen LogP contribution in [0.2, 0.25) is 0 Å². The number of piperazine rings is 1. The van der Waals surface area contributed by atoms with Crippen LogP contribution in [0, 0.1) is 23.1 Å². The minimum Gasteiger partial charge on any atom is -0.497 e. The lowest BCUT2D eigenvalue weighted by atomic mass is 10.1. The number of nitriles is 1. The van der Waals surface area contributed by atoms with Gasteiger partial charge in [-0.2, -0.15) is 5.26 Å². The van der Waals surface area contributed by atoms with Crippen molar-refractivity contribution in [1.82, 2.24) is 9.80 Å². The molecule has 5 rings (SSSR count). The summed E-state index contributed by atoms with van der Waals surface area (Å²) < 4.78 is 19.1. The highest BCUT2D eigenvalue weighted by Crippen LogP contribution is 2.45. The third kappa shape index (κ3) is 4.69. The normalized spacial score (nSPS) is 19.0. The molecular weight excluding hydrogens is 479 g/mol. The van der Waals surface area contributed by atoms with Crippen molar-refractivity contribution in [3.63, 3.8) is 0 Å². The number of halogens is 1. The van der Waals surface area contributed by atoms with Gasteiger partial charge in [0.05, 0.1) is 12.8 Å². The smallest absolute Gasteiger partial charge is 0.267 e.